The van der Waals surface area contributed by atoms with Crippen molar-refractivity contribution in [2.75, 3.05) is 6.26 Å². The Morgan fingerprint density at radius 1 is 0.865 bits per heavy atom. The second kappa shape index (κ2) is 9.91. The standard InChI is InChI=1S/C29H24N4O3S/c1-19-3-4-23(15-28(19)37(2,35)36)29(34)32-18-25-16-27-24(17-31-25)9-10-26(33-27)22-7-5-20(6-8-22)21-11-13-30-14-12-21/h3-17H,18H2,1-2H3,(H,32,34). The van der Waals surface area contributed by atoms with Crippen LogP contribution in [0.2, 0.25) is 0 Å². The summed E-state index contributed by atoms with van der Waals surface area (Å²) < 4.78 is 24.0. The fourth-order valence-electron chi connectivity index (χ4n) is 4.11. The Morgan fingerprint density at radius 3 is 2.30 bits per heavy atom. The monoisotopic (exact) mass is 508 g/mol. The molecule has 5 aromatic rings. The van der Waals surface area contributed by atoms with Crippen LogP contribution in [0.4, 0.5) is 0 Å². The van der Waals surface area contributed by atoms with Crippen molar-refractivity contribution >= 4 is 26.6 Å². The van der Waals surface area contributed by atoms with E-state index in [2.05, 4.69) is 27.4 Å². The molecule has 0 bridgehead atoms. The highest BCUT2D eigenvalue weighted by atomic mass is 32.2. The molecule has 1 amide bonds. The van der Waals surface area contributed by atoms with Gasteiger partial charge in [0.05, 0.1) is 28.3 Å². The number of hydrogen-bond donors (Lipinski definition) is 1. The summed E-state index contributed by atoms with van der Waals surface area (Å²) >= 11 is 0. The van der Waals surface area contributed by atoms with Crippen LogP contribution < -0.4 is 5.32 Å². The SMILES string of the molecule is Cc1ccc(C(=O)NCc2cc3nc(-c4ccc(-c5ccncc5)cc4)ccc3cn2)cc1S(C)(=O)=O. The number of aryl methyl sites for hydroxylation is 1. The van der Waals surface area contributed by atoms with Gasteiger partial charge in [0.2, 0.25) is 0 Å². The Labute approximate surface area is 215 Å². The number of aromatic nitrogens is 3. The highest BCUT2D eigenvalue weighted by molar-refractivity contribution is 7.90. The maximum Gasteiger partial charge on any atom is 0.251 e. The van der Waals surface area contributed by atoms with Crippen molar-refractivity contribution in [3.05, 3.63) is 108 Å². The van der Waals surface area contributed by atoms with Gasteiger partial charge in [-0.2, -0.15) is 0 Å². The summed E-state index contributed by atoms with van der Waals surface area (Å²) in [5.41, 5.74) is 6.33. The summed E-state index contributed by atoms with van der Waals surface area (Å²) in [6, 6.07) is 22.6. The summed E-state index contributed by atoms with van der Waals surface area (Å²) in [6.07, 6.45) is 6.41. The van der Waals surface area contributed by atoms with Gasteiger partial charge in [-0.15, -0.1) is 0 Å². The third-order valence-electron chi connectivity index (χ3n) is 6.10. The third kappa shape index (κ3) is 5.39. The van der Waals surface area contributed by atoms with Crippen LogP contribution in [0, 0.1) is 6.92 Å². The zero-order chi connectivity index (χ0) is 26.0. The van der Waals surface area contributed by atoms with Crippen LogP contribution in [0.1, 0.15) is 21.6 Å². The fourth-order valence-corrected chi connectivity index (χ4v) is 5.10. The third-order valence-corrected chi connectivity index (χ3v) is 7.34. The number of rotatable bonds is 6. The lowest BCUT2D eigenvalue weighted by molar-refractivity contribution is 0.0950. The number of fused-ring (bicyclic) bond motifs is 1. The molecule has 3 aromatic heterocycles. The molecule has 0 aliphatic rings. The van der Waals surface area contributed by atoms with E-state index in [0.717, 1.165) is 39.5 Å². The van der Waals surface area contributed by atoms with Crippen LogP contribution in [0.15, 0.2) is 96.3 Å². The summed E-state index contributed by atoms with van der Waals surface area (Å²) in [4.78, 5) is 26.1. The first-order chi connectivity index (χ1) is 17.8. The largest absolute Gasteiger partial charge is 0.346 e. The smallest absolute Gasteiger partial charge is 0.251 e. The van der Waals surface area contributed by atoms with Gasteiger partial charge < -0.3 is 5.32 Å². The summed E-state index contributed by atoms with van der Waals surface area (Å²) in [6.45, 7) is 1.89. The second-order valence-electron chi connectivity index (χ2n) is 8.81. The summed E-state index contributed by atoms with van der Waals surface area (Å²) in [7, 11) is -3.43. The molecular formula is C29H24N4O3S. The first-order valence-corrected chi connectivity index (χ1v) is 13.5. The Balaban J connectivity index is 1.34. The highest BCUT2D eigenvalue weighted by Crippen LogP contribution is 2.25. The van der Waals surface area contributed by atoms with Crippen molar-refractivity contribution in [1.82, 2.24) is 20.3 Å². The molecule has 0 saturated carbocycles. The van der Waals surface area contributed by atoms with E-state index in [-0.39, 0.29) is 22.9 Å². The van der Waals surface area contributed by atoms with Crippen LogP contribution in [-0.4, -0.2) is 35.5 Å². The number of carbonyl (C=O) groups excluding carboxylic acids is 1. The molecule has 8 heteroatoms. The van der Waals surface area contributed by atoms with Crippen molar-refractivity contribution < 1.29 is 13.2 Å². The van der Waals surface area contributed by atoms with Gasteiger partial charge in [0.15, 0.2) is 9.84 Å². The average molecular weight is 509 g/mol. The predicted octanol–water partition coefficient (Wildman–Crippen LogP) is 5.00. The van der Waals surface area contributed by atoms with Crippen molar-refractivity contribution in [2.24, 2.45) is 0 Å². The van der Waals surface area contributed by atoms with Crippen LogP contribution in [0.3, 0.4) is 0 Å². The van der Waals surface area contributed by atoms with Crippen molar-refractivity contribution in [2.45, 2.75) is 18.4 Å². The van der Waals surface area contributed by atoms with Crippen molar-refractivity contribution in [3.8, 4) is 22.4 Å². The van der Waals surface area contributed by atoms with E-state index in [4.69, 9.17) is 4.98 Å². The normalized spacial score (nSPS) is 11.4. The molecule has 7 nitrogen and oxygen atoms in total. The number of nitrogens with zero attached hydrogens (tertiary/aromatic N) is 3. The molecule has 184 valence electrons. The number of pyridine rings is 3. The van der Waals surface area contributed by atoms with Crippen molar-refractivity contribution in [3.63, 3.8) is 0 Å². The summed E-state index contributed by atoms with van der Waals surface area (Å²) in [5, 5.41) is 3.71. The molecule has 0 aliphatic carbocycles. The lowest BCUT2D eigenvalue weighted by atomic mass is 10.0. The minimum Gasteiger partial charge on any atom is -0.346 e. The number of amides is 1. The quantitative estimate of drug-likeness (QED) is 0.346. The van der Waals surface area contributed by atoms with E-state index in [1.165, 1.54) is 6.07 Å². The Hall–Kier alpha value is -4.43. The predicted molar refractivity (Wildman–Crippen MR) is 144 cm³/mol. The van der Waals surface area contributed by atoms with Gasteiger partial charge >= 0.3 is 0 Å². The average Bonchev–Trinajstić information content (AvgIpc) is 2.91. The van der Waals surface area contributed by atoms with Crippen LogP contribution >= 0.6 is 0 Å². The molecule has 0 aliphatic heterocycles. The molecular weight excluding hydrogens is 484 g/mol. The lowest BCUT2D eigenvalue weighted by Gasteiger charge is -2.09. The maximum atomic E-state index is 12.7. The Bertz CT molecular complexity index is 1720. The zero-order valence-electron chi connectivity index (χ0n) is 20.3. The molecule has 2 aromatic carbocycles. The Kier molecular flexibility index (Phi) is 6.50. The van der Waals surface area contributed by atoms with Crippen LogP contribution in [0.25, 0.3) is 33.3 Å². The van der Waals surface area contributed by atoms with E-state index >= 15 is 0 Å². The van der Waals surface area contributed by atoms with Crippen LogP contribution in [-0.2, 0) is 16.4 Å². The van der Waals surface area contributed by atoms with Crippen molar-refractivity contribution in [1.29, 1.82) is 0 Å². The van der Waals surface area contributed by atoms with E-state index in [1.807, 2.05) is 42.5 Å². The molecule has 0 unspecified atom stereocenters. The maximum absolute atomic E-state index is 12.7. The molecule has 0 saturated heterocycles. The van der Waals surface area contributed by atoms with E-state index in [9.17, 15) is 13.2 Å². The van der Waals surface area contributed by atoms with Gasteiger partial charge in [-0.25, -0.2) is 13.4 Å². The Morgan fingerprint density at radius 2 is 1.57 bits per heavy atom. The first-order valence-electron chi connectivity index (χ1n) is 11.6. The van der Waals surface area contributed by atoms with E-state index in [0.29, 0.717) is 11.3 Å². The van der Waals surface area contributed by atoms with Crippen LogP contribution in [0.5, 0.6) is 0 Å². The van der Waals surface area contributed by atoms with Gasteiger partial charge in [-0.3, -0.25) is 14.8 Å². The topological polar surface area (TPSA) is 102 Å². The molecule has 0 radical (unpaired) electrons. The second-order valence-corrected chi connectivity index (χ2v) is 10.8. The van der Waals surface area contributed by atoms with Gasteiger partial charge in [-0.05, 0) is 66.1 Å². The minimum atomic E-state index is -3.43. The van der Waals surface area contributed by atoms with Gasteiger partial charge in [-0.1, -0.05) is 30.3 Å². The number of benzene rings is 2. The fraction of sp³-hybridized carbons (Fsp3) is 0.103. The number of carbonyl (C=O) groups is 1. The molecule has 1 N–H and O–H groups in total. The molecule has 0 atom stereocenters. The summed E-state index contributed by atoms with van der Waals surface area (Å²) in [5.74, 6) is -0.372. The minimum absolute atomic E-state index is 0.148. The number of sulfone groups is 1. The molecule has 3 heterocycles. The molecule has 0 fully saturated rings. The number of nitrogens with one attached hydrogen (secondary N) is 1. The number of hydrogen-bond acceptors (Lipinski definition) is 6. The highest BCUT2D eigenvalue weighted by Gasteiger charge is 2.15. The van der Waals surface area contributed by atoms with Gasteiger partial charge in [0.25, 0.3) is 5.91 Å². The first kappa shape index (κ1) is 24.3. The van der Waals surface area contributed by atoms with E-state index < -0.39 is 9.84 Å². The molecule has 37 heavy (non-hydrogen) atoms. The molecule has 5 rings (SSSR count). The zero-order valence-corrected chi connectivity index (χ0v) is 21.2. The van der Waals surface area contributed by atoms with Gasteiger partial charge in [0, 0.05) is 41.4 Å². The van der Waals surface area contributed by atoms with E-state index in [1.54, 1.807) is 37.6 Å². The lowest BCUT2D eigenvalue weighted by Crippen LogP contribution is -2.23. The van der Waals surface area contributed by atoms with Gasteiger partial charge in [0.1, 0.15) is 0 Å². The molecule has 0 spiro atoms.